The van der Waals surface area contributed by atoms with E-state index >= 15 is 0 Å². The minimum absolute atomic E-state index is 0.176. The molecule has 0 atom stereocenters. The van der Waals surface area contributed by atoms with Crippen LogP contribution in [0.1, 0.15) is 38.4 Å². The van der Waals surface area contributed by atoms with Gasteiger partial charge in [-0.2, -0.15) is 4.31 Å². The largest absolute Gasteiger partial charge is 0.382 e. The Balaban J connectivity index is 1.60. The molecule has 42 heavy (non-hydrogen) atoms. The van der Waals surface area contributed by atoms with E-state index in [0.717, 1.165) is 16.6 Å². The molecule has 0 unspecified atom stereocenters. The number of ether oxygens (including phenoxy) is 1. The number of fused-ring (bicyclic) bond motifs is 1. The first-order chi connectivity index (χ1) is 20.2. The zero-order chi connectivity index (χ0) is 30.1. The van der Waals surface area contributed by atoms with Crippen LogP contribution in [0.3, 0.4) is 0 Å². The highest BCUT2D eigenvalue weighted by atomic mass is 35.5. The third kappa shape index (κ3) is 8.01. The van der Waals surface area contributed by atoms with E-state index in [-0.39, 0.29) is 29.8 Å². The van der Waals surface area contributed by atoms with E-state index in [1.165, 1.54) is 4.31 Å². The van der Waals surface area contributed by atoms with Gasteiger partial charge in [0.2, 0.25) is 15.9 Å². The summed E-state index contributed by atoms with van der Waals surface area (Å²) in [5, 5.41) is 2.16. The molecule has 3 aromatic carbocycles. The van der Waals surface area contributed by atoms with Crippen LogP contribution in [0.15, 0.2) is 90.0 Å². The Labute approximate surface area is 254 Å². The van der Waals surface area contributed by atoms with Gasteiger partial charge in [0, 0.05) is 55.1 Å². The first-order valence-electron chi connectivity index (χ1n) is 14.4. The van der Waals surface area contributed by atoms with Crippen LogP contribution in [0.2, 0.25) is 5.02 Å². The monoisotopic (exact) mass is 609 g/mol. The second-order valence-electron chi connectivity index (χ2n) is 10.8. The molecule has 1 aromatic heterocycles. The maximum absolute atomic E-state index is 14.1. The lowest BCUT2D eigenvalue weighted by Gasteiger charge is -2.29. The van der Waals surface area contributed by atoms with Crippen molar-refractivity contribution in [3.63, 3.8) is 0 Å². The van der Waals surface area contributed by atoms with Crippen LogP contribution < -0.4 is 0 Å². The molecule has 7 nitrogen and oxygen atoms in total. The Hall–Kier alpha value is -3.17. The van der Waals surface area contributed by atoms with Gasteiger partial charge in [-0.1, -0.05) is 80.0 Å². The molecule has 0 radical (unpaired) electrons. The summed E-state index contributed by atoms with van der Waals surface area (Å²) < 4.78 is 37.1. The van der Waals surface area contributed by atoms with Gasteiger partial charge in [-0.05, 0) is 54.5 Å². The molecule has 0 N–H and O–H groups in total. The molecule has 0 saturated carbocycles. The average molecular weight is 610 g/mol. The Kier molecular flexibility index (Phi) is 11.2. The predicted octanol–water partition coefficient (Wildman–Crippen LogP) is 6.45. The number of halogens is 1. The number of carbonyl (C=O) groups is 1. The van der Waals surface area contributed by atoms with Gasteiger partial charge >= 0.3 is 0 Å². The van der Waals surface area contributed by atoms with Crippen LogP contribution >= 0.6 is 11.6 Å². The normalized spacial score (nSPS) is 12.0. The van der Waals surface area contributed by atoms with Crippen LogP contribution in [0.25, 0.3) is 10.8 Å². The van der Waals surface area contributed by atoms with E-state index in [1.807, 2.05) is 73.8 Å². The van der Waals surface area contributed by atoms with Gasteiger partial charge in [-0.25, -0.2) is 8.42 Å². The average Bonchev–Trinajstić information content (AvgIpc) is 3.41. The van der Waals surface area contributed by atoms with Crippen LogP contribution in [0, 0.1) is 5.92 Å². The van der Waals surface area contributed by atoms with Crippen LogP contribution in [-0.2, 0) is 32.6 Å². The highest BCUT2D eigenvalue weighted by Crippen LogP contribution is 2.26. The van der Waals surface area contributed by atoms with Crippen molar-refractivity contribution in [1.29, 1.82) is 0 Å². The van der Waals surface area contributed by atoms with Crippen molar-refractivity contribution < 1.29 is 17.9 Å². The number of hydrogen-bond donors (Lipinski definition) is 0. The number of carbonyl (C=O) groups excluding carboxylic acids is 1. The molecule has 0 aliphatic heterocycles. The standard InChI is InChI=1S/C33H40ClN3O4S/c1-4-41-21-11-20-37(42(39,40)32-18-9-14-27-12-5-7-16-30(27)32)25-33(38)36(22-26(2)3)24-29-15-10-19-35(29)23-28-13-6-8-17-31(28)34/h5-10,12-19,26H,4,11,20-25H2,1-3H3. The molecule has 1 amide bonds. The number of aromatic nitrogens is 1. The maximum Gasteiger partial charge on any atom is 0.244 e. The molecule has 0 saturated heterocycles. The zero-order valence-electron chi connectivity index (χ0n) is 24.6. The molecule has 0 bridgehead atoms. The fraction of sp³-hybridized carbons (Fsp3) is 0.364. The van der Waals surface area contributed by atoms with Gasteiger partial charge in [-0.15, -0.1) is 0 Å². The number of hydrogen-bond acceptors (Lipinski definition) is 4. The van der Waals surface area contributed by atoms with E-state index in [4.69, 9.17) is 16.3 Å². The molecule has 0 fully saturated rings. The fourth-order valence-corrected chi connectivity index (χ4v) is 6.87. The van der Waals surface area contributed by atoms with Crippen molar-refractivity contribution in [2.75, 3.05) is 32.8 Å². The SMILES string of the molecule is CCOCCCN(CC(=O)N(Cc1cccn1Cc1ccccc1Cl)CC(C)C)S(=O)(=O)c1cccc2ccccc12. The highest BCUT2D eigenvalue weighted by Gasteiger charge is 2.30. The number of amides is 1. The van der Waals surface area contributed by atoms with Gasteiger partial charge in [0.1, 0.15) is 0 Å². The summed E-state index contributed by atoms with van der Waals surface area (Å²) in [7, 11) is -3.98. The molecule has 0 aliphatic carbocycles. The van der Waals surface area contributed by atoms with E-state index < -0.39 is 10.0 Å². The Bertz CT molecular complexity index is 1580. The topological polar surface area (TPSA) is 71.8 Å². The third-order valence-corrected chi connectivity index (χ3v) is 9.36. The molecular formula is C33H40ClN3O4S. The maximum atomic E-state index is 14.1. The van der Waals surface area contributed by atoms with Crippen molar-refractivity contribution in [3.05, 3.63) is 101 Å². The van der Waals surface area contributed by atoms with Crippen LogP contribution in [0.5, 0.6) is 0 Å². The minimum atomic E-state index is -3.98. The summed E-state index contributed by atoms with van der Waals surface area (Å²) in [6.07, 6.45) is 2.46. The summed E-state index contributed by atoms with van der Waals surface area (Å²) in [6, 6.07) is 24.3. The van der Waals surface area contributed by atoms with Crippen molar-refractivity contribution in [3.8, 4) is 0 Å². The van der Waals surface area contributed by atoms with Crippen molar-refractivity contribution >= 4 is 38.3 Å². The fourth-order valence-electron chi connectivity index (χ4n) is 5.03. The van der Waals surface area contributed by atoms with Gasteiger partial charge in [0.05, 0.1) is 18.0 Å². The lowest BCUT2D eigenvalue weighted by Crippen LogP contribution is -2.44. The van der Waals surface area contributed by atoms with Crippen LogP contribution in [0.4, 0.5) is 0 Å². The molecule has 0 spiro atoms. The minimum Gasteiger partial charge on any atom is -0.382 e. The van der Waals surface area contributed by atoms with Crippen molar-refractivity contribution in [1.82, 2.24) is 13.8 Å². The number of sulfonamides is 1. The second-order valence-corrected chi connectivity index (χ2v) is 13.1. The summed E-state index contributed by atoms with van der Waals surface area (Å²) in [5.41, 5.74) is 1.93. The Morgan fingerprint density at radius 1 is 0.976 bits per heavy atom. The molecular weight excluding hydrogens is 570 g/mol. The summed E-state index contributed by atoms with van der Waals surface area (Å²) in [5.74, 6) is -0.0450. The summed E-state index contributed by atoms with van der Waals surface area (Å²) in [6.45, 7) is 8.32. The smallest absolute Gasteiger partial charge is 0.244 e. The molecule has 9 heteroatoms. The Morgan fingerprint density at radius 3 is 2.48 bits per heavy atom. The highest BCUT2D eigenvalue weighted by molar-refractivity contribution is 7.89. The molecule has 1 heterocycles. The number of benzene rings is 3. The van der Waals surface area contributed by atoms with Crippen molar-refractivity contribution in [2.45, 2.75) is 45.2 Å². The molecule has 4 rings (SSSR count). The van der Waals surface area contributed by atoms with Gasteiger partial charge in [0.25, 0.3) is 0 Å². The molecule has 224 valence electrons. The number of nitrogens with zero attached hydrogens (tertiary/aromatic N) is 3. The van der Waals surface area contributed by atoms with E-state index in [0.29, 0.717) is 49.7 Å². The van der Waals surface area contributed by atoms with Gasteiger partial charge in [0.15, 0.2) is 0 Å². The second kappa shape index (κ2) is 14.8. The summed E-state index contributed by atoms with van der Waals surface area (Å²) >= 11 is 6.42. The van der Waals surface area contributed by atoms with E-state index in [1.54, 1.807) is 23.1 Å². The first kappa shape index (κ1) is 31.8. The van der Waals surface area contributed by atoms with Gasteiger partial charge < -0.3 is 14.2 Å². The number of rotatable bonds is 15. The Morgan fingerprint density at radius 2 is 1.71 bits per heavy atom. The van der Waals surface area contributed by atoms with Crippen molar-refractivity contribution in [2.24, 2.45) is 5.92 Å². The zero-order valence-corrected chi connectivity index (χ0v) is 26.2. The van der Waals surface area contributed by atoms with Crippen LogP contribution in [-0.4, -0.2) is 60.9 Å². The summed E-state index contributed by atoms with van der Waals surface area (Å²) in [4.78, 5) is 15.9. The quantitative estimate of drug-likeness (QED) is 0.145. The van der Waals surface area contributed by atoms with E-state index in [2.05, 4.69) is 18.4 Å². The lowest BCUT2D eigenvalue weighted by molar-refractivity contribution is -0.132. The van der Waals surface area contributed by atoms with Gasteiger partial charge in [-0.3, -0.25) is 4.79 Å². The third-order valence-electron chi connectivity index (χ3n) is 7.09. The predicted molar refractivity (Wildman–Crippen MR) is 169 cm³/mol. The lowest BCUT2D eigenvalue weighted by atomic mass is 10.1. The first-order valence-corrected chi connectivity index (χ1v) is 16.2. The van der Waals surface area contributed by atoms with E-state index in [9.17, 15) is 13.2 Å². The molecule has 0 aliphatic rings. The molecule has 4 aromatic rings.